The molecule has 1 aliphatic heterocycles. The Morgan fingerprint density at radius 2 is 2.20 bits per heavy atom. The van der Waals surface area contributed by atoms with E-state index in [1.807, 2.05) is 13.8 Å². The van der Waals surface area contributed by atoms with Crippen LogP contribution in [0.5, 0.6) is 5.75 Å². The van der Waals surface area contributed by atoms with E-state index in [9.17, 15) is 4.39 Å². The molecular formula is C11H14FNO2. The first-order valence-corrected chi connectivity index (χ1v) is 4.89. The third kappa shape index (κ3) is 1.60. The van der Waals surface area contributed by atoms with Gasteiger partial charge in [-0.05, 0) is 25.5 Å². The number of rotatable bonds is 2. The lowest BCUT2D eigenvalue weighted by molar-refractivity contribution is 0.0331. The number of aryl methyl sites for hydroxylation is 1. The van der Waals surface area contributed by atoms with E-state index in [1.165, 1.54) is 13.2 Å². The quantitative estimate of drug-likeness (QED) is 0.760. The minimum absolute atomic E-state index is 0.129. The first-order valence-electron chi connectivity index (χ1n) is 4.89. The molecule has 0 saturated carbocycles. The summed E-state index contributed by atoms with van der Waals surface area (Å²) in [5.74, 6) is 0.381. The van der Waals surface area contributed by atoms with Crippen molar-refractivity contribution in [1.82, 2.24) is 5.48 Å². The second-order valence-corrected chi connectivity index (χ2v) is 3.73. The second kappa shape index (κ2) is 3.79. The summed E-state index contributed by atoms with van der Waals surface area (Å²) in [6, 6.07) is 2.93. The van der Waals surface area contributed by atoms with Gasteiger partial charge in [0.1, 0.15) is 23.7 Å². The lowest BCUT2D eigenvalue weighted by atomic mass is 10.0. The van der Waals surface area contributed by atoms with Crippen molar-refractivity contribution in [3.05, 3.63) is 29.1 Å². The summed E-state index contributed by atoms with van der Waals surface area (Å²) >= 11 is 0. The Balaban J connectivity index is 2.47. The number of hydrogen-bond donors (Lipinski definition) is 1. The van der Waals surface area contributed by atoms with Gasteiger partial charge in [0.25, 0.3) is 0 Å². The van der Waals surface area contributed by atoms with Crippen LogP contribution < -0.4 is 10.2 Å². The number of hydroxylamine groups is 1. The Bertz CT molecular complexity index is 381. The average molecular weight is 211 g/mol. The highest BCUT2D eigenvalue weighted by molar-refractivity contribution is 5.47. The molecule has 0 spiro atoms. The van der Waals surface area contributed by atoms with Crippen LogP contribution in [0.2, 0.25) is 0 Å². The van der Waals surface area contributed by atoms with Gasteiger partial charge in [-0.3, -0.25) is 0 Å². The largest absolute Gasteiger partial charge is 0.488 e. The molecule has 0 amide bonds. The van der Waals surface area contributed by atoms with E-state index in [0.29, 0.717) is 11.3 Å². The maximum absolute atomic E-state index is 13.6. The Morgan fingerprint density at radius 3 is 2.87 bits per heavy atom. The second-order valence-electron chi connectivity index (χ2n) is 3.73. The standard InChI is InChI=1S/C11H14FNO2/c1-6-4-5-8(12)9-10(13-14-3)7(2)15-11(6)9/h4-5,7,10,13H,1-3H3. The van der Waals surface area contributed by atoms with Crippen LogP contribution >= 0.6 is 0 Å². The van der Waals surface area contributed by atoms with Crippen LogP contribution in [-0.4, -0.2) is 13.2 Å². The minimum atomic E-state index is -0.255. The zero-order chi connectivity index (χ0) is 11.0. The van der Waals surface area contributed by atoms with E-state index < -0.39 is 0 Å². The van der Waals surface area contributed by atoms with Gasteiger partial charge in [-0.1, -0.05) is 6.07 Å². The maximum atomic E-state index is 13.6. The number of halogens is 1. The van der Waals surface area contributed by atoms with Crippen LogP contribution in [0.1, 0.15) is 24.1 Å². The highest BCUT2D eigenvalue weighted by Gasteiger charge is 2.35. The van der Waals surface area contributed by atoms with Gasteiger partial charge in [-0.15, -0.1) is 0 Å². The number of benzene rings is 1. The Morgan fingerprint density at radius 1 is 1.47 bits per heavy atom. The number of hydrogen-bond acceptors (Lipinski definition) is 3. The molecule has 1 aliphatic rings. The molecule has 2 unspecified atom stereocenters. The summed E-state index contributed by atoms with van der Waals surface area (Å²) in [5, 5.41) is 0. The molecule has 0 bridgehead atoms. The van der Waals surface area contributed by atoms with Crippen molar-refractivity contribution in [2.45, 2.75) is 26.0 Å². The topological polar surface area (TPSA) is 30.5 Å². The molecule has 15 heavy (non-hydrogen) atoms. The third-order valence-corrected chi connectivity index (χ3v) is 2.67. The summed E-state index contributed by atoms with van der Waals surface area (Å²) in [4.78, 5) is 4.85. The van der Waals surface area contributed by atoms with Gasteiger partial charge >= 0.3 is 0 Å². The molecule has 2 rings (SSSR count). The SMILES string of the molecule is CONC1c2c(F)ccc(C)c2OC1C. The summed E-state index contributed by atoms with van der Waals surface area (Å²) < 4.78 is 19.2. The summed E-state index contributed by atoms with van der Waals surface area (Å²) in [6.07, 6.45) is -0.129. The number of nitrogens with one attached hydrogen (secondary N) is 1. The zero-order valence-electron chi connectivity index (χ0n) is 9.00. The van der Waals surface area contributed by atoms with E-state index in [0.717, 1.165) is 5.56 Å². The third-order valence-electron chi connectivity index (χ3n) is 2.67. The molecule has 4 heteroatoms. The van der Waals surface area contributed by atoms with Crippen LogP contribution in [0.4, 0.5) is 4.39 Å². The van der Waals surface area contributed by atoms with Crippen molar-refractivity contribution in [2.75, 3.05) is 7.11 Å². The van der Waals surface area contributed by atoms with Crippen LogP contribution in [0, 0.1) is 12.7 Å². The molecule has 0 aliphatic carbocycles. The fourth-order valence-electron chi connectivity index (χ4n) is 1.90. The lowest BCUT2D eigenvalue weighted by Gasteiger charge is -2.14. The summed E-state index contributed by atoms with van der Waals surface area (Å²) in [7, 11) is 1.51. The van der Waals surface area contributed by atoms with Crippen molar-refractivity contribution < 1.29 is 14.0 Å². The first-order chi connectivity index (χ1) is 7.15. The molecule has 0 fully saturated rings. The predicted octanol–water partition coefficient (Wildman–Crippen LogP) is 2.11. The maximum Gasteiger partial charge on any atom is 0.131 e. The van der Waals surface area contributed by atoms with E-state index in [2.05, 4.69) is 5.48 Å². The zero-order valence-corrected chi connectivity index (χ0v) is 9.00. The van der Waals surface area contributed by atoms with Crippen molar-refractivity contribution in [3.8, 4) is 5.75 Å². The van der Waals surface area contributed by atoms with Crippen molar-refractivity contribution in [1.29, 1.82) is 0 Å². The van der Waals surface area contributed by atoms with E-state index >= 15 is 0 Å². The van der Waals surface area contributed by atoms with Crippen LogP contribution in [-0.2, 0) is 4.84 Å². The van der Waals surface area contributed by atoms with E-state index in [1.54, 1.807) is 6.07 Å². The van der Waals surface area contributed by atoms with Gasteiger partial charge in [-0.2, -0.15) is 5.48 Å². The fraction of sp³-hybridized carbons (Fsp3) is 0.455. The minimum Gasteiger partial charge on any atom is -0.488 e. The number of fused-ring (bicyclic) bond motifs is 1. The van der Waals surface area contributed by atoms with Gasteiger partial charge in [0.2, 0.25) is 0 Å². The van der Waals surface area contributed by atoms with Gasteiger partial charge in [0.05, 0.1) is 12.7 Å². The molecule has 82 valence electrons. The molecule has 0 aromatic heterocycles. The molecule has 0 saturated heterocycles. The number of ether oxygens (including phenoxy) is 1. The van der Waals surface area contributed by atoms with Crippen molar-refractivity contribution in [3.63, 3.8) is 0 Å². The van der Waals surface area contributed by atoms with Crippen LogP contribution in [0.25, 0.3) is 0 Å². The average Bonchev–Trinajstić information content (AvgIpc) is 2.53. The Kier molecular flexibility index (Phi) is 2.63. The molecule has 2 atom stereocenters. The van der Waals surface area contributed by atoms with Gasteiger partial charge in [0.15, 0.2) is 0 Å². The normalized spacial score (nSPS) is 23.7. The Hall–Kier alpha value is -1.13. The van der Waals surface area contributed by atoms with Gasteiger partial charge in [-0.25, -0.2) is 4.39 Å². The molecule has 3 nitrogen and oxygen atoms in total. The molecule has 1 aromatic rings. The van der Waals surface area contributed by atoms with Crippen LogP contribution in [0.3, 0.4) is 0 Å². The first kappa shape index (κ1) is 10.4. The lowest BCUT2D eigenvalue weighted by Crippen LogP contribution is -2.28. The Labute approximate surface area is 88.1 Å². The molecule has 1 N–H and O–H groups in total. The molecule has 1 aromatic carbocycles. The van der Waals surface area contributed by atoms with E-state index in [-0.39, 0.29) is 18.0 Å². The monoisotopic (exact) mass is 211 g/mol. The van der Waals surface area contributed by atoms with Gasteiger partial charge < -0.3 is 9.57 Å². The molecule has 1 heterocycles. The predicted molar refractivity (Wildman–Crippen MR) is 54.1 cm³/mol. The fourth-order valence-corrected chi connectivity index (χ4v) is 1.90. The van der Waals surface area contributed by atoms with E-state index in [4.69, 9.17) is 9.57 Å². The molecule has 0 radical (unpaired) electrons. The summed E-state index contributed by atoms with van der Waals surface area (Å²) in [6.45, 7) is 3.79. The molecular weight excluding hydrogens is 197 g/mol. The highest BCUT2D eigenvalue weighted by atomic mass is 19.1. The highest BCUT2D eigenvalue weighted by Crippen LogP contribution is 2.40. The van der Waals surface area contributed by atoms with Gasteiger partial charge in [0, 0.05) is 0 Å². The van der Waals surface area contributed by atoms with Crippen molar-refractivity contribution >= 4 is 0 Å². The van der Waals surface area contributed by atoms with Crippen LogP contribution in [0.15, 0.2) is 12.1 Å². The summed E-state index contributed by atoms with van der Waals surface area (Å²) in [5.41, 5.74) is 4.26. The van der Waals surface area contributed by atoms with Crippen molar-refractivity contribution in [2.24, 2.45) is 0 Å². The smallest absolute Gasteiger partial charge is 0.131 e.